The molecule has 6 N–H and O–H groups in total. The third kappa shape index (κ3) is 15.3. The lowest BCUT2D eigenvalue weighted by Gasteiger charge is -2.24. The largest absolute Gasteiger partial charge is 0.445 e. The molecule has 0 saturated carbocycles. The number of hydrogen-bond acceptors (Lipinski definition) is 12. The number of aromatic amines is 1. The maximum Gasteiger partial charge on any atom is 0.410 e. The molecule has 392 valence electrons. The van der Waals surface area contributed by atoms with Crippen LogP contribution in [-0.4, -0.2) is 100 Å². The first kappa shape index (κ1) is 54.8. The number of aryl methyl sites for hydroxylation is 1. The molecular weight excluding hydrogens is 1000 g/mol. The topological polar surface area (TPSA) is 269 Å². The normalized spacial score (nSPS) is 13.0. The summed E-state index contributed by atoms with van der Waals surface area (Å²) >= 11 is 12.6. The fourth-order valence-corrected chi connectivity index (χ4v) is 8.74. The van der Waals surface area contributed by atoms with Gasteiger partial charge in [0.2, 0.25) is 11.8 Å². The zero-order valence-electron chi connectivity index (χ0n) is 41.7. The Bertz CT molecular complexity index is 3070. The number of Topliss-reactive ketones (excluding diaryl/α,β-unsaturated/α-hetero) is 1. The number of anilines is 1. The van der Waals surface area contributed by atoms with Crippen LogP contribution in [0.5, 0.6) is 0 Å². The highest BCUT2D eigenvalue weighted by Crippen LogP contribution is 2.31. The number of amides is 7. The van der Waals surface area contributed by atoms with Crippen molar-refractivity contribution >= 4 is 76.1 Å². The number of nitrogens with one attached hydrogen (secondary N) is 4. The maximum absolute atomic E-state index is 14.1. The summed E-state index contributed by atoms with van der Waals surface area (Å²) in [6.07, 6.45) is 7.20. The number of halogens is 2. The van der Waals surface area contributed by atoms with Crippen molar-refractivity contribution in [3.05, 3.63) is 130 Å². The summed E-state index contributed by atoms with van der Waals surface area (Å²) in [5, 5.41) is 13.2. The molecule has 7 amide bonds. The summed E-state index contributed by atoms with van der Waals surface area (Å²) in [6, 6.07) is 19.6. The van der Waals surface area contributed by atoms with Crippen LogP contribution in [-0.2, 0) is 48.4 Å². The number of pyridine rings is 2. The fraction of sp³-hybridized carbons (Fsp3) is 0.340. The summed E-state index contributed by atoms with van der Waals surface area (Å²) < 4.78 is 7.53. The average molecular weight is 1060 g/mol. The number of unbranched alkanes of at least 4 members (excludes halogenated alkanes) is 2. The second-order valence-electron chi connectivity index (χ2n) is 18.5. The molecule has 1 aliphatic heterocycles. The summed E-state index contributed by atoms with van der Waals surface area (Å²) in [4.78, 5) is 110. The number of fused-ring (bicyclic) bond motifs is 1. The molecule has 0 saturated heterocycles. The first-order chi connectivity index (χ1) is 36.0. The van der Waals surface area contributed by atoms with Gasteiger partial charge in [0.15, 0.2) is 11.4 Å². The van der Waals surface area contributed by atoms with E-state index in [-0.39, 0.29) is 81.5 Å². The number of nitrogens with zero attached hydrogens (tertiary/aromatic N) is 7. The molecule has 4 aromatic heterocycles. The lowest BCUT2D eigenvalue weighted by Crippen LogP contribution is -2.45. The van der Waals surface area contributed by atoms with Crippen LogP contribution in [0, 0.1) is 18.8 Å². The molecule has 2 atom stereocenters. The molecule has 0 radical (unpaired) electrons. The standard InChI is InChI=1S/C53H58Cl2N12O8/c1-32(2)48(64-45(69)12-5-4-6-24-66-46(70)21-22-47(66)71)42(68)26-36(10-8-23-57-52(56)73)51(72)61-38-17-13-34(14-18-38)30-75-53(74)65(27-35-15-19-39(54)40(55)25-35)29-43-62-49(37-16-20-44-58-31-59-67(44)28-37)50(63-43)41-11-7-9-33(3)60-41/h7,9,11,13-22,25,28,31-32,36,48H,4-6,8,10,12,23-24,26-27,29-30H2,1-3H3,(H,61,72)(H,62,63)(H,64,69)(H3,56,57,73)/t36-,48+/m1/s1. The van der Waals surface area contributed by atoms with E-state index in [1.807, 2.05) is 43.5 Å². The van der Waals surface area contributed by atoms with Crippen LogP contribution < -0.4 is 21.7 Å². The minimum Gasteiger partial charge on any atom is -0.445 e. The van der Waals surface area contributed by atoms with Crippen LogP contribution in [0.3, 0.4) is 0 Å². The van der Waals surface area contributed by atoms with E-state index in [0.29, 0.717) is 81.1 Å². The predicted molar refractivity (Wildman–Crippen MR) is 281 cm³/mol. The van der Waals surface area contributed by atoms with Crippen LogP contribution >= 0.6 is 23.2 Å². The molecule has 5 heterocycles. The molecule has 0 fully saturated rings. The molecule has 2 aromatic carbocycles. The molecule has 22 heteroatoms. The Kier molecular flexibility index (Phi) is 18.9. The van der Waals surface area contributed by atoms with Crippen LogP contribution in [0.2, 0.25) is 10.0 Å². The number of primary amides is 1. The highest BCUT2D eigenvalue weighted by atomic mass is 35.5. The molecule has 0 bridgehead atoms. The van der Waals surface area contributed by atoms with Gasteiger partial charge in [0, 0.05) is 73.7 Å². The quantitative estimate of drug-likeness (QED) is 0.0272. The first-order valence-electron chi connectivity index (χ1n) is 24.5. The molecule has 0 unspecified atom stereocenters. The third-order valence-electron chi connectivity index (χ3n) is 12.3. The number of rotatable bonds is 25. The van der Waals surface area contributed by atoms with Crippen molar-refractivity contribution < 1.29 is 38.3 Å². The van der Waals surface area contributed by atoms with Crippen molar-refractivity contribution in [2.24, 2.45) is 17.6 Å². The molecule has 7 rings (SSSR count). The lowest BCUT2D eigenvalue weighted by molar-refractivity contribution is -0.137. The fourth-order valence-electron chi connectivity index (χ4n) is 8.42. The Hall–Kier alpha value is -7.97. The van der Waals surface area contributed by atoms with Crippen molar-refractivity contribution in [1.82, 2.24) is 50.0 Å². The van der Waals surface area contributed by atoms with Gasteiger partial charge >= 0.3 is 12.1 Å². The number of aromatic nitrogens is 6. The second kappa shape index (κ2) is 25.8. The van der Waals surface area contributed by atoms with E-state index >= 15 is 0 Å². The van der Waals surface area contributed by atoms with Crippen LogP contribution in [0.1, 0.15) is 81.4 Å². The van der Waals surface area contributed by atoms with E-state index in [4.69, 9.17) is 43.6 Å². The molecule has 6 aromatic rings. The van der Waals surface area contributed by atoms with Gasteiger partial charge < -0.3 is 31.4 Å². The predicted octanol–water partition coefficient (Wildman–Crippen LogP) is 7.72. The summed E-state index contributed by atoms with van der Waals surface area (Å²) in [5.41, 5.74) is 11.1. The van der Waals surface area contributed by atoms with Crippen molar-refractivity contribution in [1.29, 1.82) is 0 Å². The van der Waals surface area contributed by atoms with Gasteiger partial charge in [-0.3, -0.25) is 38.8 Å². The number of nitrogens with two attached hydrogens (primary N) is 1. The Balaban J connectivity index is 0.994. The highest BCUT2D eigenvalue weighted by Gasteiger charge is 2.30. The smallest absolute Gasteiger partial charge is 0.410 e. The minimum absolute atomic E-state index is 0.00586. The highest BCUT2D eigenvalue weighted by molar-refractivity contribution is 6.42. The SMILES string of the molecule is Cc1cccc(-c2[nH]c(CN(Cc3ccc(Cl)c(Cl)c3)C(=O)OCc3ccc(NC(=O)[C@H](CCCNC(N)=O)CC(=O)[C@@H](NC(=O)CCCCCN4C(=O)C=CC4=O)C(C)C)cc3)nc2-c2ccc3ncnn3c2)n1. The Labute approximate surface area is 442 Å². The molecule has 0 spiro atoms. The van der Waals surface area contributed by atoms with Gasteiger partial charge in [-0.25, -0.2) is 24.1 Å². The van der Waals surface area contributed by atoms with Crippen LogP contribution in [0.15, 0.2) is 97.5 Å². The third-order valence-corrected chi connectivity index (χ3v) is 13.1. The lowest BCUT2D eigenvalue weighted by atomic mass is 9.89. The summed E-state index contributed by atoms with van der Waals surface area (Å²) in [5.74, 6) is -2.48. The number of ether oxygens (including phenoxy) is 1. The molecule has 0 aliphatic carbocycles. The van der Waals surface area contributed by atoms with Crippen molar-refractivity contribution in [2.45, 2.75) is 91.5 Å². The number of hydrogen-bond donors (Lipinski definition) is 5. The van der Waals surface area contributed by atoms with E-state index in [2.05, 4.69) is 31.0 Å². The number of carbonyl (C=O) groups excluding carboxylic acids is 7. The van der Waals surface area contributed by atoms with E-state index in [0.717, 1.165) is 16.2 Å². The average Bonchev–Trinajstić information content (AvgIpc) is 4.12. The zero-order valence-corrected chi connectivity index (χ0v) is 43.2. The van der Waals surface area contributed by atoms with Gasteiger partial charge in [0.05, 0.1) is 39.7 Å². The van der Waals surface area contributed by atoms with Crippen molar-refractivity contribution in [3.63, 3.8) is 0 Å². The van der Waals surface area contributed by atoms with Gasteiger partial charge in [-0.15, -0.1) is 0 Å². The second-order valence-corrected chi connectivity index (χ2v) is 19.3. The Morgan fingerprint density at radius 2 is 1.63 bits per heavy atom. The minimum atomic E-state index is -0.865. The maximum atomic E-state index is 14.1. The van der Waals surface area contributed by atoms with E-state index in [9.17, 15) is 33.6 Å². The number of imidazole rings is 1. The number of benzene rings is 2. The number of imide groups is 1. The van der Waals surface area contributed by atoms with E-state index < -0.39 is 30.0 Å². The molecular formula is C53H58Cl2N12O8. The van der Waals surface area contributed by atoms with Gasteiger partial charge in [0.1, 0.15) is 18.8 Å². The van der Waals surface area contributed by atoms with Gasteiger partial charge in [0.25, 0.3) is 11.8 Å². The summed E-state index contributed by atoms with van der Waals surface area (Å²) in [7, 11) is 0. The number of carbonyl (C=O) groups is 7. The Morgan fingerprint density at radius 1 is 0.867 bits per heavy atom. The molecule has 75 heavy (non-hydrogen) atoms. The zero-order chi connectivity index (χ0) is 53.6. The monoisotopic (exact) mass is 1060 g/mol. The number of H-pyrrole nitrogens is 1. The van der Waals surface area contributed by atoms with Crippen molar-refractivity contribution in [2.75, 3.05) is 18.4 Å². The van der Waals surface area contributed by atoms with Gasteiger partial charge in [-0.05, 0) is 98.2 Å². The van der Waals surface area contributed by atoms with E-state index in [1.165, 1.54) is 23.4 Å². The van der Waals surface area contributed by atoms with Crippen LogP contribution in [0.4, 0.5) is 15.3 Å². The summed E-state index contributed by atoms with van der Waals surface area (Å²) in [6.45, 7) is 5.89. The molecule has 1 aliphatic rings. The number of urea groups is 1. The van der Waals surface area contributed by atoms with Gasteiger partial charge in [-0.1, -0.05) is 67.7 Å². The number of ketones is 1. The van der Waals surface area contributed by atoms with E-state index in [1.54, 1.807) is 60.8 Å². The first-order valence-corrected chi connectivity index (χ1v) is 25.2. The van der Waals surface area contributed by atoms with Crippen molar-refractivity contribution in [3.8, 4) is 22.6 Å². The van der Waals surface area contributed by atoms with Crippen LogP contribution in [0.25, 0.3) is 28.3 Å². The Morgan fingerprint density at radius 3 is 2.35 bits per heavy atom. The van der Waals surface area contributed by atoms with Gasteiger partial charge in [-0.2, -0.15) is 5.10 Å². The molecule has 20 nitrogen and oxygen atoms in total.